The Morgan fingerprint density at radius 3 is 2.06 bits per heavy atom. The van der Waals surface area contributed by atoms with Crippen LogP contribution in [-0.4, -0.2) is 34.3 Å². The molecule has 2 fully saturated rings. The average Bonchev–Trinajstić information content (AvgIpc) is 2.71. The second-order valence-corrected chi connectivity index (χ2v) is 6.42. The number of hydrogen-bond acceptors (Lipinski definition) is 3. The van der Waals surface area contributed by atoms with Crippen molar-refractivity contribution in [3.63, 3.8) is 0 Å². The molecule has 1 saturated heterocycles. The lowest BCUT2D eigenvalue weighted by Gasteiger charge is -2.26. The van der Waals surface area contributed by atoms with Crippen LogP contribution in [0.25, 0.3) is 0 Å². The summed E-state index contributed by atoms with van der Waals surface area (Å²) in [6, 6.07) is 0.181. The van der Waals surface area contributed by atoms with Crippen LogP contribution < -0.4 is 0 Å². The second kappa shape index (κ2) is 6.60. The quantitative estimate of drug-likeness (QED) is 0.723. The van der Waals surface area contributed by atoms with Gasteiger partial charge < -0.3 is 0 Å². The lowest BCUT2D eigenvalue weighted by molar-refractivity contribution is -0.141. The van der Waals surface area contributed by atoms with Gasteiger partial charge in [0.15, 0.2) is 0 Å². The Balaban J connectivity index is 2.03. The second-order valence-electron chi connectivity index (χ2n) is 5.38. The van der Waals surface area contributed by atoms with Crippen molar-refractivity contribution >= 4 is 23.6 Å². The van der Waals surface area contributed by atoms with E-state index in [1.165, 1.54) is 37.4 Å². The largest absolute Gasteiger partial charge is 0.278 e. The predicted molar refractivity (Wildman–Crippen MR) is 74.5 cm³/mol. The maximum atomic E-state index is 12.2. The van der Waals surface area contributed by atoms with Gasteiger partial charge in [-0.1, -0.05) is 38.5 Å². The van der Waals surface area contributed by atoms with Crippen molar-refractivity contribution in [1.29, 1.82) is 0 Å². The van der Waals surface area contributed by atoms with Crippen LogP contribution >= 0.6 is 11.8 Å². The molecule has 4 heteroatoms. The third-order valence-corrected chi connectivity index (χ3v) is 5.05. The first-order valence-corrected chi connectivity index (χ1v) is 8.41. The summed E-state index contributed by atoms with van der Waals surface area (Å²) in [6.07, 6.45) is 11.8. The maximum absolute atomic E-state index is 12.2. The first kappa shape index (κ1) is 13.9. The van der Waals surface area contributed by atoms with Gasteiger partial charge in [-0.25, -0.2) is 0 Å². The molecule has 0 N–H and O–H groups in total. The highest BCUT2D eigenvalue weighted by molar-refractivity contribution is 8.00. The van der Waals surface area contributed by atoms with Crippen LogP contribution in [0, 0.1) is 0 Å². The number of nitrogens with zero attached hydrogens (tertiary/aromatic N) is 1. The molecule has 3 nitrogen and oxygen atoms in total. The highest BCUT2D eigenvalue weighted by Crippen LogP contribution is 2.29. The first-order chi connectivity index (χ1) is 8.74. The Hall–Kier alpha value is -0.510. The number of hydrogen-bond donors (Lipinski definition) is 0. The van der Waals surface area contributed by atoms with Crippen LogP contribution in [0.15, 0.2) is 0 Å². The van der Waals surface area contributed by atoms with Gasteiger partial charge in [0.2, 0.25) is 11.8 Å². The van der Waals surface area contributed by atoms with Crippen molar-refractivity contribution in [2.45, 2.75) is 69.1 Å². The van der Waals surface area contributed by atoms with Crippen molar-refractivity contribution in [3.05, 3.63) is 0 Å². The SMILES string of the molecule is CSC1CC(=O)N(C2CCCCCCCC2)C1=O. The Morgan fingerprint density at radius 1 is 1.00 bits per heavy atom. The van der Waals surface area contributed by atoms with Crippen LogP contribution in [0.4, 0.5) is 0 Å². The molecule has 0 aromatic carbocycles. The van der Waals surface area contributed by atoms with E-state index in [9.17, 15) is 9.59 Å². The number of carbonyl (C=O) groups is 2. The highest BCUT2D eigenvalue weighted by atomic mass is 32.2. The smallest absolute Gasteiger partial charge is 0.243 e. The standard InChI is InChI=1S/C14H23NO2S/c1-18-12-10-13(16)15(14(12)17)11-8-6-4-2-3-5-7-9-11/h11-12H,2-10H2,1H3. The van der Waals surface area contributed by atoms with Gasteiger partial charge in [-0.3, -0.25) is 14.5 Å². The Bertz CT molecular complexity index is 309. The first-order valence-electron chi connectivity index (χ1n) is 7.12. The van der Waals surface area contributed by atoms with Crippen LogP contribution in [0.5, 0.6) is 0 Å². The third-order valence-electron chi connectivity index (χ3n) is 4.12. The molecule has 2 rings (SSSR count). The molecule has 1 heterocycles. The molecule has 2 amide bonds. The summed E-state index contributed by atoms with van der Waals surface area (Å²) in [5.41, 5.74) is 0. The Morgan fingerprint density at radius 2 is 1.56 bits per heavy atom. The molecular weight excluding hydrogens is 246 g/mol. The van der Waals surface area contributed by atoms with Crippen molar-refractivity contribution < 1.29 is 9.59 Å². The number of rotatable bonds is 2. The minimum atomic E-state index is -0.120. The molecule has 0 radical (unpaired) electrons. The third kappa shape index (κ3) is 3.08. The number of imide groups is 1. The van der Waals surface area contributed by atoms with E-state index in [1.807, 2.05) is 6.26 Å². The molecule has 1 aliphatic heterocycles. The molecule has 0 spiro atoms. The molecule has 18 heavy (non-hydrogen) atoms. The predicted octanol–water partition coefficient (Wildman–Crippen LogP) is 2.98. The van der Waals surface area contributed by atoms with Crippen molar-refractivity contribution in [2.75, 3.05) is 6.26 Å². The van der Waals surface area contributed by atoms with Crippen LogP contribution in [-0.2, 0) is 9.59 Å². The number of likely N-dealkylation sites (tertiary alicyclic amines) is 1. The van der Waals surface area contributed by atoms with E-state index in [0.717, 1.165) is 25.7 Å². The Kier molecular flexibility index (Phi) is 5.10. The molecule has 0 aromatic rings. The fourth-order valence-electron chi connectivity index (χ4n) is 3.06. The summed E-state index contributed by atoms with van der Waals surface area (Å²) in [5.74, 6) is 0.125. The van der Waals surface area contributed by atoms with Gasteiger partial charge in [-0.15, -0.1) is 0 Å². The highest BCUT2D eigenvalue weighted by Gasteiger charge is 2.41. The summed E-state index contributed by atoms with van der Waals surface area (Å²) in [4.78, 5) is 25.8. The van der Waals surface area contributed by atoms with E-state index in [-0.39, 0.29) is 23.1 Å². The molecule has 1 atom stereocenters. The van der Waals surface area contributed by atoms with Crippen molar-refractivity contribution in [1.82, 2.24) is 4.90 Å². The number of amides is 2. The van der Waals surface area contributed by atoms with Gasteiger partial charge >= 0.3 is 0 Å². The van der Waals surface area contributed by atoms with E-state index in [0.29, 0.717) is 6.42 Å². The van der Waals surface area contributed by atoms with E-state index in [2.05, 4.69) is 0 Å². The fraction of sp³-hybridized carbons (Fsp3) is 0.857. The zero-order chi connectivity index (χ0) is 13.0. The molecule has 102 valence electrons. The molecule has 2 aliphatic rings. The minimum absolute atomic E-state index is 0.0589. The molecule has 1 saturated carbocycles. The van der Waals surface area contributed by atoms with Gasteiger partial charge in [0.05, 0.1) is 5.25 Å². The van der Waals surface area contributed by atoms with Gasteiger partial charge in [0, 0.05) is 12.5 Å². The minimum Gasteiger partial charge on any atom is -0.278 e. The summed E-state index contributed by atoms with van der Waals surface area (Å²) in [5, 5.41) is -0.120. The van der Waals surface area contributed by atoms with E-state index in [1.54, 1.807) is 4.90 Å². The van der Waals surface area contributed by atoms with Crippen LogP contribution in [0.2, 0.25) is 0 Å². The lowest BCUT2D eigenvalue weighted by Crippen LogP contribution is -2.40. The molecule has 0 aromatic heterocycles. The van der Waals surface area contributed by atoms with E-state index in [4.69, 9.17) is 0 Å². The van der Waals surface area contributed by atoms with Gasteiger partial charge in [-0.2, -0.15) is 11.8 Å². The number of carbonyl (C=O) groups excluding carboxylic acids is 2. The Labute approximate surface area is 114 Å². The van der Waals surface area contributed by atoms with E-state index >= 15 is 0 Å². The zero-order valence-corrected chi connectivity index (χ0v) is 12.0. The molecule has 1 unspecified atom stereocenters. The summed E-state index contributed by atoms with van der Waals surface area (Å²) in [7, 11) is 0. The zero-order valence-electron chi connectivity index (χ0n) is 11.2. The fourth-order valence-corrected chi connectivity index (χ4v) is 3.68. The monoisotopic (exact) mass is 269 g/mol. The number of thioether (sulfide) groups is 1. The summed E-state index contributed by atoms with van der Waals surface area (Å²) >= 11 is 1.51. The average molecular weight is 269 g/mol. The topological polar surface area (TPSA) is 37.4 Å². The van der Waals surface area contributed by atoms with E-state index < -0.39 is 0 Å². The molecule has 0 bridgehead atoms. The normalized spacial score (nSPS) is 28.1. The molecular formula is C14H23NO2S. The van der Waals surface area contributed by atoms with Gasteiger partial charge in [0.25, 0.3) is 0 Å². The van der Waals surface area contributed by atoms with Crippen LogP contribution in [0.3, 0.4) is 0 Å². The molecule has 1 aliphatic carbocycles. The van der Waals surface area contributed by atoms with Gasteiger partial charge in [-0.05, 0) is 19.1 Å². The van der Waals surface area contributed by atoms with Gasteiger partial charge in [0.1, 0.15) is 0 Å². The van der Waals surface area contributed by atoms with Crippen molar-refractivity contribution in [3.8, 4) is 0 Å². The summed E-state index contributed by atoms with van der Waals surface area (Å²) < 4.78 is 0. The van der Waals surface area contributed by atoms with Crippen LogP contribution in [0.1, 0.15) is 57.8 Å². The maximum Gasteiger partial charge on any atom is 0.243 e. The lowest BCUT2D eigenvalue weighted by atomic mass is 10.0. The van der Waals surface area contributed by atoms with Crippen molar-refractivity contribution in [2.24, 2.45) is 0 Å². The summed E-state index contributed by atoms with van der Waals surface area (Å²) in [6.45, 7) is 0.